The van der Waals surface area contributed by atoms with Crippen LogP contribution in [0.2, 0.25) is 0 Å². The monoisotopic (exact) mass is 203 g/mol. The number of carboxylic acid groups (broad SMARTS) is 1. The highest BCUT2D eigenvalue weighted by molar-refractivity contribution is 5.89. The normalized spacial score (nSPS) is 10.3. The fourth-order valence-electron chi connectivity index (χ4n) is 0.917. The third-order valence-electron chi connectivity index (χ3n) is 1.55. The van der Waals surface area contributed by atoms with Crippen LogP contribution in [0, 0.1) is 0 Å². The number of carboxylic acids is 1. The molecule has 0 aliphatic heterocycles. The molecular weight excluding hydrogens is 196 g/mol. The molecule has 0 fully saturated rings. The average Bonchev–Trinajstić information content (AvgIpc) is 2.16. The highest BCUT2D eigenvalue weighted by Crippen LogP contribution is 2.23. The topological polar surface area (TPSA) is 59.4 Å². The van der Waals surface area contributed by atoms with Gasteiger partial charge in [-0.3, -0.25) is 0 Å². The predicted octanol–water partition coefficient (Wildman–Crippen LogP) is 1.73. The second-order valence-corrected chi connectivity index (χ2v) is 2.39. The second kappa shape index (κ2) is 3.99. The molecule has 6 heteroatoms. The van der Waals surface area contributed by atoms with Crippen molar-refractivity contribution in [1.82, 2.24) is 4.98 Å². The summed E-state index contributed by atoms with van der Waals surface area (Å²) in [5, 5.41) is 8.56. The number of nitrogens with zero attached hydrogens (tertiary/aromatic N) is 1. The molecule has 0 amide bonds. The molecule has 0 spiro atoms. The number of methoxy groups -OCH3 is 1. The highest BCUT2D eigenvalue weighted by atomic mass is 19.3. The molecule has 0 saturated carbocycles. The predicted molar refractivity (Wildman–Crippen MR) is 42.7 cm³/mol. The number of pyridine rings is 1. The van der Waals surface area contributed by atoms with Crippen LogP contribution in [-0.4, -0.2) is 23.2 Å². The fraction of sp³-hybridized carbons (Fsp3) is 0.250. The molecule has 0 aliphatic carbocycles. The van der Waals surface area contributed by atoms with E-state index in [9.17, 15) is 13.6 Å². The van der Waals surface area contributed by atoms with Crippen LogP contribution in [0.25, 0.3) is 0 Å². The molecule has 14 heavy (non-hydrogen) atoms. The van der Waals surface area contributed by atoms with E-state index in [1.807, 2.05) is 0 Å². The van der Waals surface area contributed by atoms with Crippen molar-refractivity contribution in [3.05, 3.63) is 23.4 Å². The first-order valence-corrected chi connectivity index (χ1v) is 3.62. The van der Waals surface area contributed by atoms with Gasteiger partial charge in [-0.2, -0.15) is 0 Å². The molecule has 1 aromatic rings. The van der Waals surface area contributed by atoms with E-state index in [2.05, 4.69) is 9.72 Å². The van der Waals surface area contributed by atoms with E-state index in [4.69, 9.17) is 5.11 Å². The third kappa shape index (κ3) is 1.95. The molecule has 76 valence electrons. The van der Waals surface area contributed by atoms with Crippen molar-refractivity contribution in [2.45, 2.75) is 6.43 Å². The fourth-order valence-corrected chi connectivity index (χ4v) is 0.917. The molecule has 0 radical (unpaired) electrons. The van der Waals surface area contributed by atoms with Crippen LogP contribution < -0.4 is 4.74 Å². The molecule has 0 saturated heterocycles. The maximum Gasteiger partial charge on any atom is 0.337 e. The van der Waals surface area contributed by atoms with Gasteiger partial charge in [0.15, 0.2) is 0 Å². The van der Waals surface area contributed by atoms with E-state index in [1.54, 1.807) is 0 Å². The minimum absolute atomic E-state index is 0.0368. The molecule has 0 aliphatic rings. The zero-order valence-electron chi connectivity index (χ0n) is 7.20. The number of hydrogen-bond donors (Lipinski definition) is 1. The Morgan fingerprint density at radius 1 is 1.57 bits per heavy atom. The first kappa shape index (κ1) is 10.4. The van der Waals surface area contributed by atoms with Gasteiger partial charge in [-0.1, -0.05) is 0 Å². The summed E-state index contributed by atoms with van der Waals surface area (Å²) in [5.41, 5.74) is -1.29. The molecule has 0 atom stereocenters. The molecule has 1 N–H and O–H groups in total. The molecule has 0 unspecified atom stereocenters. The van der Waals surface area contributed by atoms with Crippen molar-refractivity contribution in [2.24, 2.45) is 0 Å². The number of aromatic carboxylic acids is 1. The summed E-state index contributed by atoms with van der Waals surface area (Å²) in [6, 6.07) is 2.25. The summed E-state index contributed by atoms with van der Waals surface area (Å²) in [7, 11) is 1.26. The Morgan fingerprint density at radius 3 is 2.64 bits per heavy atom. The van der Waals surface area contributed by atoms with Gasteiger partial charge < -0.3 is 9.84 Å². The van der Waals surface area contributed by atoms with Crippen molar-refractivity contribution >= 4 is 5.97 Å². The summed E-state index contributed by atoms with van der Waals surface area (Å²) >= 11 is 0. The molecule has 1 aromatic heterocycles. The van der Waals surface area contributed by atoms with Crippen molar-refractivity contribution in [3.8, 4) is 5.88 Å². The van der Waals surface area contributed by atoms with Crippen LogP contribution in [0.4, 0.5) is 8.78 Å². The zero-order valence-corrected chi connectivity index (χ0v) is 7.20. The number of carbonyl (C=O) groups is 1. The Kier molecular flexibility index (Phi) is 2.95. The molecule has 0 bridgehead atoms. The van der Waals surface area contributed by atoms with Crippen LogP contribution in [0.3, 0.4) is 0 Å². The number of ether oxygens (including phenoxy) is 1. The lowest BCUT2D eigenvalue weighted by Gasteiger charge is -2.05. The largest absolute Gasteiger partial charge is 0.481 e. The quantitative estimate of drug-likeness (QED) is 0.812. The van der Waals surface area contributed by atoms with Crippen LogP contribution in [0.5, 0.6) is 5.88 Å². The Labute approximate surface area is 78.1 Å². The number of aromatic nitrogens is 1. The van der Waals surface area contributed by atoms with Gasteiger partial charge in [-0.05, 0) is 6.07 Å². The van der Waals surface area contributed by atoms with Gasteiger partial charge in [0.1, 0.15) is 5.69 Å². The van der Waals surface area contributed by atoms with Crippen molar-refractivity contribution in [1.29, 1.82) is 0 Å². The molecule has 1 rings (SSSR count). The van der Waals surface area contributed by atoms with Crippen LogP contribution in [0.15, 0.2) is 12.1 Å². The number of halogens is 2. The summed E-state index contributed by atoms with van der Waals surface area (Å²) in [6.07, 6.45) is -2.93. The van der Waals surface area contributed by atoms with Gasteiger partial charge in [0, 0.05) is 6.07 Å². The van der Waals surface area contributed by atoms with Gasteiger partial charge >= 0.3 is 5.97 Å². The summed E-state index contributed by atoms with van der Waals surface area (Å²) in [6.45, 7) is 0. The van der Waals surface area contributed by atoms with Crippen LogP contribution in [0.1, 0.15) is 22.5 Å². The minimum Gasteiger partial charge on any atom is -0.481 e. The zero-order chi connectivity index (χ0) is 10.7. The maximum atomic E-state index is 12.3. The lowest BCUT2D eigenvalue weighted by Crippen LogP contribution is -2.06. The first-order valence-electron chi connectivity index (χ1n) is 3.62. The third-order valence-corrected chi connectivity index (χ3v) is 1.55. The van der Waals surface area contributed by atoms with Crippen molar-refractivity contribution in [3.63, 3.8) is 0 Å². The minimum atomic E-state index is -2.93. The van der Waals surface area contributed by atoms with Gasteiger partial charge in [0.25, 0.3) is 6.43 Å². The average molecular weight is 203 g/mol. The Hall–Kier alpha value is -1.72. The van der Waals surface area contributed by atoms with Crippen molar-refractivity contribution in [2.75, 3.05) is 7.11 Å². The van der Waals surface area contributed by atoms with E-state index in [-0.39, 0.29) is 5.88 Å². The number of rotatable bonds is 3. The molecule has 1 heterocycles. The van der Waals surface area contributed by atoms with E-state index in [1.165, 1.54) is 13.2 Å². The van der Waals surface area contributed by atoms with E-state index < -0.39 is 23.7 Å². The Balaban J connectivity index is 3.24. The lowest BCUT2D eigenvalue weighted by molar-refractivity contribution is 0.0682. The smallest absolute Gasteiger partial charge is 0.337 e. The highest BCUT2D eigenvalue weighted by Gasteiger charge is 2.20. The van der Waals surface area contributed by atoms with Crippen LogP contribution >= 0.6 is 0 Å². The Bertz CT molecular complexity index is 354. The molecular formula is C8H7F2NO3. The summed E-state index contributed by atoms with van der Waals surface area (Å²) < 4.78 is 29.2. The van der Waals surface area contributed by atoms with E-state index >= 15 is 0 Å². The van der Waals surface area contributed by atoms with Gasteiger partial charge in [0.2, 0.25) is 5.88 Å². The standard InChI is InChI=1S/C8H7F2NO3/c1-14-5-3-2-4(8(12)13)6(11-5)7(9)10/h2-3,7H,1H3,(H,12,13). The van der Waals surface area contributed by atoms with Crippen molar-refractivity contribution < 1.29 is 23.4 Å². The van der Waals surface area contributed by atoms with Crippen LogP contribution in [-0.2, 0) is 0 Å². The Morgan fingerprint density at radius 2 is 2.21 bits per heavy atom. The first-order chi connectivity index (χ1) is 6.56. The lowest BCUT2D eigenvalue weighted by atomic mass is 10.2. The van der Waals surface area contributed by atoms with Gasteiger partial charge in [-0.15, -0.1) is 0 Å². The van der Waals surface area contributed by atoms with Gasteiger partial charge in [0.05, 0.1) is 12.7 Å². The van der Waals surface area contributed by atoms with E-state index in [0.29, 0.717) is 0 Å². The molecule has 0 aromatic carbocycles. The second-order valence-electron chi connectivity index (χ2n) is 2.39. The van der Waals surface area contributed by atoms with E-state index in [0.717, 1.165) is 6.07 Å². The number of alkyl halides is 2. The SMILES string of the molecule is COc1ccc(C(=O)O)c(C(F)F)n1. The molecule has 4 nitrogen and oxygen atoms in total. The summed E-state index contributed by atoms with van der Waals surface area (Å²) in [5.74, 6) is -1.47. The number of hydrogen-bond acceptors (Lipinski definition) is 3. The summed E-state index contributed by atoms with van der Waals surface area (Å²) in [4.78, 5) is 13.9. The van der Waals surface area contributed by atoms with Gasteiger partial charge in [-0.25, -0.2) is 18.6 Å². The maximum absolute atomic E-state index is 12.3.